The Morgan fingerprint density at radius 1 is 1.32 bits per heavy atom. The molecular formula is C13H19F3N2O. The van der Waals surface area contributed by atoms with E-state index in [9.17, 15) is 13.2 Å². The van der Waals surface area contributed by atoms with Gasteiger partial charge >= 0.3 is 6.36 Å². The number of alkyl halides is 3. The first-order valence-electron chi connectivity index (χ1n) is 6.18. The summed E-state index contributed by atoms with van der Waals surface area (Å²) in [6.45, 7) is 4.14. The number of nitrogens with two attached hydrogens (primary N) is 1. The maximum absolute atomic E-state index is 12.3. The van der Waals surface area contributed by atoms with Gasteiger partial charge in [-0.25, -0.2) is 0 Å². The topological polar surface area (TPSA) is 47.3 Å². The molecule has 0 saturated carbocycles. The van der Waals surface area contributed by atoms with Gasteiger partial charge in [0.25, 0.3) is 0 Å². The largest absolute Gasteiger partial charge is 0.573 e. The van der Waals surface area contributed by atoms with Crippen molar-refractivity contribution in [1.29, 1.82) is 0 Å². The van der Waals surface area contributed by atoms with Gasteiger partial charge in [0.05, 0.1) is 0 Å². The van der Waals surface area contributed by atoms with Crippen molar-refractivity contribution < 1.29 is 17.9 Å². The third-order valence-corrected chi connectivity index (χ3v) is 2.85. The number of hydrogen-bond acceptors (Lipinski definition) is 3. The van der Waals surface area contributed by atoms with E-state index in [-0.39, 0.29) is 24.4 Å². The van der Waals surface area contributed by atoms with Gasteiger partial charge in [-0.1, -0.05) is 25.1 Å². The molecule has 0 amide bonds. The van der Waals surface area contributed by atoms with Crippen molar-refractivity contribution in [3.63, 3.8) is 0 Å². The van der Waals surface area contributed by atoms with Crippen molar-refractivity contribution in [3.05, 3.63) is 29.8 Å². The molecule has 2 unspecified atom stereocenters. The molecule has 3 N–H and O–H groups in total. The Balaban J connectivity index is 2.96. The van der Waals surface area contributed by atoms with Crippen molar-refractivity contribution >= 4 is 0 Å². The van der Waals surface area contributed by atoms with Crippen LogP contribution in [0.4, 0.5) is 13.2 Å². The molecule has 0 spiro atoms. The van der Waals surface area contributed by atoms with E-state index in [0.717, 1.165) is 6.42 Å². The Morgan fingerprint density at radius 3 is 2.47 bits per heavy atom. The highest BCUT2D eigenvalue weighted by atomic mass is 19.4. The summed E-state index contributed by atoms with van der Waals surface area (Å²) in [7, 11) is 0. The van der Waals surface area contributed by atoms with Crippen LogP contribution in [-0.4, -0.2) is 18.9 Å². The molecule has 2 atom stereocenters. The molecule has 0 aliphatic rings. The van der Waals surface area contributed by atoms with Crippen LogP contribution >= 0.6 is 0 Å². The summed E-state index contributed by atoms with van der Waals surface area (Å²) in [6, 6.07) is 5.85. The van der Waals surface area contributed by atoms with Crippen LogP contribution in [0.15, 0.2) is 24.3 Å². The number of hydrogen-bond donors (Lipinski definition) is 2. The van der Waals surface area contributed by atoms with Gasteiger partial charge in [-0.2, -0.15) is 0 Å². The predicted molar refractivity (Wildman–Crippen MR) is 67.8 cm³/mol. The lowest BCUT2D eigenvalue weighted by Gasteiger charge is -2.24. The quantitative estimate of drug-likeness (QED) is 0.839. The standard InChI is InChI=1S/C13H19F3N2O/c1-3-9(2)18-11(8-17)10-6-4-5-7-12(10)19-13(14,15)16/h4-7,9,11,18H,3,8,17H2,1-2H3. The van der Waals surface area contributed by atoms with Crippen LogP contribution in [0.5, 0.6) is 5.75 Å². The van der Waals surface area contributed by atoms with Gasteiger partial charge in [-0.05, 0) is 19.4 Å². The van der Waals surface area contributed by atoms with Crippen molar-refractivity contribution in [2.24, 2.45) is 5.73 Å². The fraction of sp³-hybridized carbons (Fsp3) is 0.538. The monoisotopic (exact) mass is 276 g/mol. The van der Waals surface area contributed by atoms with E-state index < -0.39 is 6.36 Å². The van der Waals surface area contributed by atoms with Crippen molar-refractivity contribution in [3.8, 4) is 5.75 Å². The number of rotatable bonds is 6. The number of ether oxygens (including phenoxy) is 1. The molecule has 0 aromatic heterocycles. The van der Waals surface area contributed by atoms with Gasteiger partial charge in [-0.3, -0.25) is 0 Å². The maximum Gasteiger partial charge on any atom is 0.573 e. The minimum absolute atomic E-state index is 0.160. The van der Waals surface area contributed by atoms with E-state index >= 15 is 0 Å². The van der Waals surface area contributed by atoms with Gasteiger partial charge < -0.3 is 15.8 Å². The molecule has 0 fully saturated rings. The highest BCUT2D eigenvalue weighted by molar-refractivity contribution is 5.36. The average molecular weight is 276 g/mol. The SMILES string of the molecule is CCC(C)NC(CN)c1ccccc1OC(F)(F)F. The molecular weight excluding hydrogens is 257 g/mol. The van der Waals surface area contributed by atoms with Crippen LogP contribution < -0.4 is 15.8 Å². The van der Waals surface area contributed by atoms with E-state index in [1.807, 2.05) is 13.8 Å². The fourth-order valence-corrected chi connectivity index (χ4v) is 1.73. The van der Waals surface area contributed by atoms with Crippen LogP contribution in [0.25, 0.3) is 0 Å². The molecule has 108 valence electrons. The molecule has 1 aromatic rings. The number of halogens is 3. The number of para-hydroxylation sites is 1. The molecule has 0 heterocycles. The zero-order valence-corrected chi connectivity index (χ0v) is 11.0. The van der Waals surface area contributed by atoms with Crippen molar-refractivity contribution in [2.45, 2.75) is 38.7 Å². The van der Waals surface area contributed by atoms with Crippen LogP contribution in [0.1, 0.15) is 31.9 Å². The summed E-state index contributed by atoms with van der Waals surface area (Å²) in [6.07, 6.45) is -3.84. The molecule has 19 heavy (non-hydrogen) atoms. The summed E-state index contributed by atoms with van der Waals surface area (Å²) < 4.78 is 41.1. The summed E-state index contributed by atoms with van der Waals surface area (Å²) in [5.74, 6) is -0.207. The molecule has 0 radical (unpaired) electrons. The molecule has 1 aromatic carbocycles. The van der Waals surface area contributed by atoms with E-state index in [1.165, 1.54) is 12.1 Å². The Bertz CT molecular complexity index is 396. The third-order valence-electron chi connectivity index (χ3n) is 2.85. The van der Waals surface area contributed by atoms with Crippen LogP contribution in [0, 0.1) is 0 Å². The van der Waals surface area contributed by atoms with Crippen molar-refractivity contribution in [1.82, 2.24) is 5.32 Å². The van der Waals surface area contributed by atoms with E-state index in [2.05, 4.69) is 10.1 Å². The summed E-state index contributed by atoms with van der Waals surface area (Å²) in [5, 5.41) is 3.19. The smallest absolute Gasteiger partial charge is 0.405 e. The highest BCUT2D eigenvalue weighted by Crippen LogP contribution is 2.30. The lowest BCUT2D eigenvalue weighted by molar-refractivity contribution is -0.275. The molecule has 1 rings (SSSR count). The van der Waals surface area contributed by atoms with E-state index in [4.69, 9.17) is 5.73 Å². The minimum atomic E-state index is -4.70. The Labute approximate surface area is 110 Å². The molecule has 6 heteroatoms. The van der Waals surface area contributed by atoms with Gasteiger partial charge in [-0.15, -0.1) is 13.2 Å². The Morgan fingerprint density at radius 2 is 1.95 bits per heavy atom. The zero-order valence-electron chi connectivity index (χ0n) is 11.0. The summed E-state index contributed by atoms with van der Waals surface area (Å²) in [4.78, 5) is 0. The molecule has 0 aliphatic carbocycles. The second kappa shape index (κ2) is 6.77. The molecule has 3 nitrogen and oxygen atoms in total. The molecule has 0 bridgehead atoms. The van der Waals surface area contributed by atoms with E-state index in [1.54, 1.807) is 12.1 Å². The number of nitrogens with one attached hydrogen (secondary N) is 1. The Hall–Kier alpha value is -1.27. The second-order valence-electron chi connectivity index (χ2n) is 4.35. The van der Waals surface area contributed by atoms with Gasteiger partial charge in [0, 0.05) is 24.2 Å². The first-order chi connectivity index (χ1) is 8.87. The van der Waals surface area contributed by atoms with Crippen LogP contribution in [0.3, 0.4) is 0 Å². The lowest BCUT2D eigenvalue weighted by atomic mass is 10.0. The molecule has 0 saturated heterocycles. The predicted octanol–water partition coefficient (Wildman–Crippen LogP) is 2.97. The van der Waals surface area contributed by atoms with Crippen molar-refractivity contribution in [2.75, 3.05) is 6.54 Å². The van der Waals surface area contributed by atoms with Gasteiger partial charge in [0.1, 0.15) is 5.75 Å². The summed E-state index contributed by atoms with van der Waals surface area (Å²) >= 11 is 0. The zero-order chi connectivity index (χ0) is 14.5. The van der Waals surface area contributed by atoms with Gasteiger partial charge in [0.15, 0.2) is 0 Å². The number of benzene rings is 1. The van der Waals surface area contributed by atoms with E-state index in [0.29, 0.717) is 5.56 Å². The fourth-order valence-electron chi connectivity index (χ4n) is 1.73. The summed E-state index contributed by atoms with van der Waals surface area (Å²) in [5.41, 5.74) is 6.06. The average Bonchev–Trinajstić information content (AvgIpc) is 2.34. The third kappa shape index (κ3) is 5.08. The van der Waals surface area contributed by atoms with Gasteiger partial charge in [0.2, 0.25) is 0 Å². The Kier molecular flexibility index (Phi) is 5.62. The first kappa shape index (κ1) is 15.8. The normalized spacial score (nSPS) is 15.1. The highest BCUT2D eigenvalue weighted by Gasteiger charge is 2.32. The van der Waals surface area contributed by atoms with Crippen LogP contribution in [-0.2, 0) is 0 Å². The second-order valence-corrected chi connectivity index (χ2v) is 4.35. The lowest BCUT2D eigenvalue weighted by Crippen LogP contribution is -2.35. The maximum atomic E-state index is 12.3. The molecule has 0 aliphatic heterocycles. The minimum Gasteiger partial charge on any atom is -0.405 e. The first-order valence-corrected chi connectivity index (χ1v) is 6.18. The van der Waals surface area contributed by atoms with Crippen LogP contribution in [0.2, 0.25) is 0 Å².